The highest BCUT2D eigenvalue weighted by molar-refractivity contribution is 6.14. The number of amidine groups is 2. The molecule has 1 N–H and O–H groups in total. The number of hydrogen-bond donors (Lipinski definition) is 1. The Hall–Kier alpha value is -6.72. The molecule has 0 aliphatic carbocycles. The Labute approximate surface area is 289 Å². The fourth-order valence-electron chi connectivity index (χ4n) is 7.49. The molecule has 5 nitrogen and oxygen atoms in total. The molecule has 1 aliphatic heterocycles. The van der Waals surface area contributed by atoms with Crippen LogP contribution in [-0.2, 0) is 0 Å². The summed E-state index contributed by atoms with van der Waals surface area (Å²) in [5.74, 6) is 1.51. The maximum atomic E-state index is 5.14. The highest BCUT2D eigenvalue weighted by atomic mass is 15.2. The van der Waals surface area contributed by atoms with Crippen molar-refractivity contribution in [2.24, 2.45) is 9.98 Å². The summed E-state index contributed by atoms with van der Waals surface area (Å²) in [6.07, 6.45) is -0.255. The Kier molecular flexibility index (Phi) is 6.49. The number of nitrogens with zero attached hydrogens (tertiary/aromatic N) is 4. The van der Waals surface area contributed by atoms with E-state index in [2.05, 4.69) is 166 Å². The lowest BCUT2D eigenvalue weighted by Crippen LogP contribution is -2.33. The molecule has 0 spiro atoms. The van der Waals surface area contributed by atoms with Crippen LogP contribution >= 0.6 is 0 Å². The Balaban J connectivity index is 1.14. The minimum absolute atomic E-state index is 0.255. The maximum absolute atomic E-state index is 5.14. The molecule has 0 bridgehead atoms. The molecule has 9 aromatic rings. The van der Waals surface area contributed by atoms with E-state index >= 15 is 0 Å². The summed E-state index contributed by atoms with van der Waals surface area (Å²) in [6.45, 7) is 0. The van der Waals surface area contributed by atoms with E-state index in [1.54, 1.807) is 0 Å². The van der Waals surface area contributed by atoms with E-state index in [0.29, 0.717) is 5.84 Å². The van der Waals surface area contributed by atoms with Gasteiger partial charge in [0, 0.05) is 44.0 Å². The van der Waals surface area contributed by atoms with Crippen molar-refractivity contribution in [3.63, 3.8) is 0 Å². The standard InChI is InChI=1S/C45H31N5/c1-3-14-30(15-4-1)43-46-44(31-16-5-2-6-17-31)48-45(47-43)32-18-13-19-33(28-32)49-41-25-12-9-22-37(41)38-29-34(26-27-42(38)49)50-39-23-10-7-20-35(39)36-21-8-11-24-40(36)50/h1-29,43H,(H,46,47,48). The predicted octanol–water partition coefficient (Wildman–Crippen LogP) is 10.4. The van der Waals surface area contributed by atoms with Crippen molar-refractivity contribution < 1.29 is 0 Å². The van der Waals surface area contributed by atoms with Gasteiger partial charge in [0.25, 0.3) is 0 Å². The van der Waals surface area contributed by atoms with Crippen LogP contribution in [0.1, 0.15) is 22.9 Å². The molecule has 0 amide bonds. The predicted molar refractivity (Wildman–Crippen MR) is 207 cm³/mol. The number of nitrogens with one attached hydrogen (secondary N) is 1. The zero-order valence-corrected chi connectivity index (χ0v) is 27.1. The maximum Gasteiger partial charge on any atom is 0.159 e. The van der Waals surface area contributed by atoms with Gasteiger partial charge in [-0.2, -0.15) is 0 Å². The van der Waals surface area contributed by atoms with Gasteiger partial charge in [-0.25, -0.2) is 9.98 Å². The van der Waals surface area contributed by atoms with Crippen molar-refractivity contribution in [3.05, 3.63) is 193 Å². The monoisotopic (exact) mass is 641 g/mol. The van der Waals surface area contributed by atoms with Crippen LogP contribution in [-0.4, -0.2) is 20.8 Å². The second-order valence-corrected chi connectivity index (χ2v) is 12.7. The van der Waals surface area contributed by atoms with Gasteiger partial charge in [0.2, 0.25) is 0 Å². The first-order valence-electron chi connectivity index (χ1n) is 17.0. The van der Waals surface area contributed by atoms with Gasteiger partial charge in [0.1, 0.15) is 12.0 Å². The van der Waals surface area contributed by atoms with Crippen LogP contribution in [0.15, 0.2) is 186 Å². The van der Waals surface area contributed by atoms with E-state index in [4.69, 9.17) is 9.98 Å². The number of benzene rings is 7. The number of rotatable bonds is 5. The van der Waals surface area contributed by atoms with E-state index in [-0.39, 0.29) is 6.17 Å². The first kappa shape index (κ1) is 28.3. The number of para-hydroxylation sites is 3. The Morgan fingerprint density at radius 3 is 1.60 bits per heavy atom. The lowest BCUT2D eigenvalue weighted by atomic mass is 10.1. The Bertz CT molecular complexity index is 2730. The van der Waals surface area contributed by atoms with Crippen LogP contribution in [0, 0.1) is 0 Å². The average Bonchev–Trinajstić information content (AvgIpc) is 3.71. The molecule has 2 aromatic heterocycles. The van der Waals surface area contributed by atoms with Crippen LogP contribution in [0.3, 0.4) is 0 Å². The van der Waals surface area contributed by atoms with E-state index in [1.807, 2.05) is 24.3 Å². The van der Waals surface area contributed by atoms with Gasteiger partial charge in [-0.3, -0.25) is 0 Å². The third kappa shape index (κ3) is 4.55. The van der Waals surface area contributed by atoms with Crippen molar-refractivity contribution in [1.29, 1.82) is 0 Å². The summed E-state index contributed by atoms with van der Waals surface area (Å²) in [5.41, 5.74) is 10.00. The van der Waals surface area contributed by atoms with Crippen LogP contribution in [0.25, 0.3) is 55.0 Å². The fraction of sp³-hybridized carbons (Fsp3) is 0.0222. The van der Waals surface area contributed by atoms with Crippen molar-refractivity contribution >= 4 is 55.3 Å². The molecule has 1 unspecified atom stereocenters. The lowest BCUT2D eigenvalue weighted by Gasteiger charge is -2.23. The molecular weight excluding hydrogens is 611 g/mol. The molecule has 10 rings (SSSR count). The van der Waals surface area contributed by atoms with Gasteiger partial charge in [0.15, 0.2) is 5.84 Å². The van der Waals surface area contributed by atoms with E-state index in [0.717, 1.165) is 44.9 Å². The fourth-order valence-corrected chi connectivity index (χ4v) is 7.49. The summed E-state index contributed by atoms with van der Waals surface area (Å²) in [4.78, 5) is 10.2. The van der Waals surface area contributed by atoms with E-state index in [1.165, 1.54) is 32.6 Å². The molecule has 1 atom stereocenters. The molecule has 5 heteroatoms. The third-order valence-corrected chi connectivity index (χ3v) is 9.76. The second-order valence-electron chi connectivity index (χ2n) is 12.7. The molecule has 0 fully saturated rings. The number of aromatic nitrogens is 2. The zero-order chi connectivity index (χ0) is 33.0. The lowest BCUT2D eigenvalue weighted by molar-refractivity contribution is 0.674. The SMILES string of the molecule is c1ccc(C2=NC(c3cccc(-n4c5ccccc5c5cc(-n6c7ccccc7c7ccccc76)ccc54)c3)=NC(c3ccccc3)N2)cc1. The molecule has 1 aliphatic rings. The van der Waals surface area contributed by atoms with Gasteiger partial charge < -0.3 is 14.5 Å². The number of fused-ring (bicyclic) bond motifs is 6. The molecule has 50 heavy (non-hydrogen) atoms. The molecule has 0 radical (unpaired) electrons. The summed E-state index contributed by atoms with van der Waals surface area (Å²) < 4.78 is 4.75. The van der Waals surface area contributed by atoms with Crippen molar-refractivity contribution in [2.75, 3.05) is 0 Å². The number of aliphatic imine (C=N–C) groups is 2. The summed E-state index contributed by atoms with van der Waals surface area (Å²) in [5, 5.41) is 8.51. The Morgan fingerprint density at radius 1 is 0.420 bits per heavy atom. The summed E-state index contributed by atoms with van der Waals surface area (Å²) in [7, 11) is 0. The normalized spacial score (nSPS) is 14.6. The van der Waals surface area contributed by atoms with Gasteiger partial charge >= 0.3 is 0 Å². The number of hydrogen-bond acceptors (Lipinski definition) is 3. The minimum atomic E-state index is -0.255. The third-order valence-electron chi connectivity index (χ3n) is 9.76. The second kappa shape index (κ2) is 11.5. The molecule has 0 saturated carbocycles. The Morgan fingerprint density at radius 2 is 0.940 bits per heavy atom. The van der Waals surface area contributed by atoms with Crippen LogP contribution in [0.4, 0.5) is 0 Å². The van der Waals surface area contributed by atoms with Crippen molar-refractivity contribution in [2.45, 2.75) is 6.17 Å². The van der Waals surface area contributed by atoms with Crippen LogP contribution in [0.5, 0.6) is 0 Å². The quantitative estimate of drug-likeness (QED) is 0.200. The highest BCUT2D eigenvalue weighted by Gasteiger charge is 2.22. The van der Waals surface area contributed by atoms with Gasteiger partial charge in [-0.15, -0.1) is 0 Å². The van der Waals surface area contributed by atoms with Crippen LogP contribution < -0.4 is 5.32 Å². The molecule has 7 aromatic carbocycles. The molecule has 236 valence electrons. The van der Waals surface area contributed by atoms with Crippen molar-refractivity contribution in [3.8, 4) is 11.4 Å². The van der Waals surface area contributed by atoms with E-state index < -0.39 is 0 Å². The van der Waals surface area contributed by atoms with Gasteiger partial charge in [-0.1, -0.05) is 127 Å². The largest absolute Gasteiger partial charge is 0.344 e. The summed E-state index contributed by atoms with van der Waals surface area (Å²) in [6, 6.07) is 62.1. The minimum Gasteiger partial charge on any atom is -0.344 e. The topological polar surface area (TPSA) is 46.6 Å². The van der Waals surface area contributed by atoms with E-state index in [9.17, 15) is 0 Å². The van der Waals surface area contributed by atoms with Gasteiger partial charge in [-0.05, 0) is 54.1 Å². The smallest absolute Gasteiger partial charge is 0.159 e. The van der Waals surface area contributed by atoms with Crippen LogP contribution in [0.2, 0.25) is 0 Å². The van der Waals surface area contributed by atoms with Gasteiger partial charge in [0.05, 0.1) is 22.1 Å². The highest BCUT2D eigenvalue weighted by Crippen LogP contribution is 2.37. The molecular formula is C45H31N5. The average molecular weight is 642 g/mol. The molecule has 3 heterocycles. The summed E-state index contributed by atoms with van der Waals surface area (Å²) >= 11 is 0. The zero-order valence-electron chi connectivity index (χ0n) is 27.1. The first-order chi connectivity index (χ1) is 24.8. The molecule has 0 saturated heterocycles. The van der Waals surface area contributed by atoms with Crippen molar-refractivity contribution in [1.82, 2.24) is 14.5 Å². The first-order valence-corrected chi connectivity index (χ1v) is 17.0.